The lowest BCUT2D eigenvalue weighted by Gasteiger charge is -2.26. The lowest BCUT2D eigenvalue weighted by molar-refractivity contribution is -0.128. The molecule has 0 spiro atoms. The molecule has 3 rings (SSSR count). The van der Waals surface area contributed by atoms with Crippen molar-refractivity contribution in [3.05, 3.63) is 81.5 Å². The number of halogens is 1. The van der Waals surface area contributed by atoms with Crippen molar-refractivity contribution < 1.29 is 13.2 Å². The Hall–Kier alpha value is -2.35. The smallest absolute Gasteiger partial charge is 0.264 e. The monoisotopic (exact) mass is 448 g/mol. The number of amides is 1. The first kappa shape index (κ1) is 21.4. The van der Waals surface area contributed by atoms with Crippen LogP contribution >= 0.6 is 22.9 Å². The predicted octanol–water partition coefficient (Wildman–Crippen LogP) is 4.56. The number of benzene rings is 2. The molecule has 0 aliphatic heterocycles. The number of anilines is 1. The number of thiophene rings is 1. The number of rotatable bonds is 7. The Labute approximate surface area is 180 Å². The molecule has 1 amide bonds. The second-order valence-electron chi connectivity index (χ2n) is 6.62. The van der Waals surface area contributed by atoms with Gasteiger partial charge in [0.25, 0.3) is 10.0 Å². The van der Waals surface area contributed by atoms with Gasteiger partial charge in [-0.2, -0.15) is 0 Å². The van der Waals surface area contributed by atoms with E-state index < -0.39 is 10.0 Å². The Balaban J connectivity index is 1.89. The molecule has 152 valence electrons. The number of sulfonamides is 1. The van der Waals surface area contributed by atoms with Crippen LogP contribution in [-0.4, -0.2) is 32.8 Å². The molecule has 8 heteroatoms. The van der Waals surface area contributed by atoms with Crippen molar-refractivity contribution in [1.29, 1.82) is 0 Å². The van der Waals surface area contributed by atoms with Gasteiger partial charge < -0.3 is 4.90 Å². The van der Waals surface area contributed by atoms with Gasteiger partial charge in [0.05, 0.1) is 21.5 Å². The summed E-state index contributed by atoms with van der Waals surface area (Å²) < 4.78 is 28.5. The summed E-state index contributed by atoms with van der Waals surface area (Å²) in [4.78, 5) is 15.5. The van der Waals surface area contributed by atoms with Crippen molar-refractivity contribution in [2.45, 2.75) is 18.4 Å². The standard InChI is InChI=1S/C21H21ClN2O3S2/c1-16-7-6-10-19(13-16)29(26,27)24(17-8-4-3-5-9-17)15-21(25)23(2)14-18-11-12-20(22)28-18/h3-13H,14-15H2,1-2H3. The van der Waals surface area contributed by atoms with Crippen molar-refractivity contribution >= 4 is 44.6 Å². The fourth-order valence-electron chi connectivity index (χ4n) is 2.81. The summed E-state index contributed by atoms with van der Waals surface area (Å²) in [7, 11) is -2.26. The molecule has 0 atom stereocenters. The van der Waals surface area contributed by atoms with Crippen LogP contribution in [0.25, 0.3) is 0 Å². The molecule has 0 aliphatic carbocycles. The molecule has 0 bridgehead atoms. The summed E-state index contributed by atoms with van der Waals surface area (Å²) in [6.07, 6.45) is 0. The minimum absolute atomic E-state index is 0.154. The second kappa shape index (κ2) is 8.98. The van der Waals surface area contributed by atoms with E-state index in [4.69, 9.17) is 11.6 Å². The highest BCUT2D eigenvalue weighted by Crippen LogP contribution is 2.25. The van der Waals surface area contributed by atoms with E-state index in [0.717, 1.165) is 14.7 Å². The van der Waals surface area contributed by atoms with Crippen molar-refractivity contribution in [3.8, 4) is 0 Å². The maximum Gasteiger partial charge on any atom is 0.264 e. The molecule has 0 saturated carbocycles. The Morgan fingerprint density at radius 2 is 1.76 bits per heavy atom. The van der Waals surface area contributed by atoms with Gasteiger partial charge in [0.15, 0.2) is 0 Å². The number of nitrogens with zero attached hydrogens (tertiary/aromatic N) is 2. The SMILES string of the molecule is Cc1cccc(S(=O)(=O)N(CC(=O)N(C)Cc2ccc(Cl)s2)c2ccccc2)c1. The quantitative estimate of drug-likeness (QED) is 0.532. The molecule has 29 heavy (non-hydrogen) atoms. The van der Waals surface area contributed by atoms with Crippen molar-refractivity contribution in [3.63, 3.8) is 0 Å². The van der Waals surface area contributed by atoms with E-state index in [0.29, 0.717) is 16.6 Å². The first-order valence-corrected chi connectivity index (χ1v) is 11.5. The molecule has 2 aromatic carbocycles. The summed E-state index contributed by atoms with van der Waals surface area (Å²) in [6, 6.07) is 19.0. The Morgan fingerprint density at radius 1 is 1.03 bits per heavy atom. The molecule has 0 unspecified atom stereocenters. The number of para-hydroxylation sites is 1. The van der Waals surface area contributed by atoms with Gasteiger partial charge >= 0.3 is 0 Å². The van der Waals surface area contributed by atoms with E-state index in [1.54, 1.807) is 61.6 Å². The lowest BCUT2D eigenvalue weighted by atomic mass is 10.2. The van der Waals surface area contributed by atoms with Gasteiger partial charge in [-0.3, -0.25) is 9.10 Å². The fourth-order valence-corrected chi connectivity index (χ4v) is 5.48. The Bertz CT molecular complexity index is 1100. The van der Waals surface area contributed by atoms with Crippen LogP contribution in [0.1, 0.15) is 10.4 Å². The summed E-state index contributed by atoms with van der Waals surface area (Å²) in [5.74, 6) is -0.311. The summed E-state index contributed by atoms with van der Waals surface area (Å²) >= 11 is 7.35. The number of carbonyl (C=O) groups is 1. The van der Waals surface area contributed by atoms with E-state index in [1.165, 1.54) is 16.2 Å². The maximum absolute atomic E-state index is 13.3. The molecule has 1 aromatic heterocycles. The third kappa shape index (κ3) is 5.18. The average molecular weight is 449 g/mol. The van der Waals surface area contributed by atoms with Crippen LogP contribution in [0.5, 0.6) is 0 Å². The molecule has 3 aromatic rings. The topological polar surface area (TPSA) is 57.7 Å². The molecule has 0 fully saturated rings. The largest absolute Gasteiger partial charge is 0.339 e. The molecular formula is C21H21ClN2O3S2. The average Bonchev–Trinajstić information content (AvgIpc) is 3.11. The molecule has 1 heterocycles. The highest BCUT2D eigenvalue weighted by molar-refractivity contribution is 7.92. The zero-order valence-corrected chi connectivity index (χ0v) is 18.5. The van der Waals surface area contributed by atoms with Crippen molar-refractivity contribution in [2.75, 3.05) is 17.9 Å². The number of carbonyl (C=O) groups excluding carboxylic acids is 1. The first-order valence-electron chi connectivity index (χ1n) is 8.90. The van der Waals surface area contributed by atoms with Crippen LogP contribution in [0.15, 0.2) is 71.6 Å². The van der Waals surface area contributed by atoms with Gasteiger partial charge in [-0.15, -0.1) is 11.3 Å². The predicted molar refractivity (Wildman–Crippen MR) is 118 cm³/mol. The van der Waals surface area contributed by atoms with Gasteiger partial charge in [0, 0.05) is 11.9 Å². The van der Waals surface area contributed by atoms with E-state index in [-0.39, 0.29) is 17.3 Å². The highest BCUT2D eigenvalue weighted by atomic mass is 35.5. The number of hydrogen-bond donors (Lipinski definition) is 0. The fraction of sp³-hybridized carbons (Fsp3) is 0.190. The van der Waals surface area contributed by atoms with Gasteiger partial charge in [0.1, 0.15) is 6.54 Å². The number of aryl methyl sites for hydroxylation is 1. The van der Waals surface area contributed by atoms with Crippen molar-refractivity contribution in [2.24, 2.45) is 0 Å². The molecule has 0 radical (unpaired) electrons. The van der Waals surface area contributed by atoms with Gasteiger partial charge in [-0.05, 0) is 48.9 Å². The molecular weight excluding hydrogens is 428 g/mol. The van der Waals surface area contributed by atoms with Crippen LogP contribution in [0.2, 0.25) is 4.34 Å². The zero-order valence-electron chi connectivity index (χ0n) is 16.1. The molecule has 0 N–H and O–H groups in total. The Morgan fingerprint density at radius 3 is 2.38 bits per heavy atom. The van der Waals surface area contributed by atoms with Gasteiger partial charge in [0.2, 0.25) is 5.91 Å². The third-order valence-electron chi connectivity index (χ3n) is 4.35. The maximum atomic E-state index is 13.3. The van der Waals surface area contributed by atoms with Crippen LogP contribution < -0.4 is 4.31 Å². The van der Waals surface area contributed by atoms with Crippen LogP contribution in [0.4, 0.5) is 5.69 Å². The molecule has 5 nitrogen and oxygen atoms in total. The van der Waals surface area contributed by atoms with E-state index in [2.05, 4.69) is 0 Å². The van der Waals surface area contributed by atoms with Gasteiger partial charge in [-0.25, -0.2) is 8.42 Å². The number of hydrogen-bond acceptors (Lipinski definition) is 4. The van der Waals surface area contributed by atoms with E-state index in [9.17, 15) is 13.2 Å². The van der Waals surface area contributed by atoms with Crippen LogP contribution in [0.3, 0.4) is 0 Å². The minimum Gasteiger partial charge on any atom is -0.339 e. The summed E-state index contributed by atoms with van der Waals surface area (Å²) in [5.41, 5.74) is 1.27. The van der Waals surface area contributed by atoms with Crippen LogP contribution in [-0.2, 0) is 21.4 Å². The van der Waals surface area contributed by atoms with E-state index >= 15 is 0 Å². The molecule has 0 aliphatic rings. The Kier molecular flexibility index (Phi) is 6.62. The first-order chi connectivity index (χ1) is 13.8. The third-order valence-corrected chi connectivity index (χ3v) is 7.33. The highest BCUT2D eigenvalue weighted by Gasteiger charge is 2.28. The van der Waals surface area contributed by atoms with Crippen molar-refractivity contribution in [1.82, 2.24) is 4.90 Å². The zero-order chi connectivity index (χ0) is 21.0. The second-order valence-corrected chi connectivity index (χ2v) is 10.3. The van der Waals surface area contributed by atoms with Gasteiger partial charge in [-0.1, -0.05) is 41.9 Å². The van der Waals surface area contributed by atoms with Crippen LogP contribution in [0, 0.1) is 6.92 Å². The summed E-state index contributed by atoms with van der Waals surface area (Å²) in [5, 5.41) is 0. The molecule has 0 saturated heterocycles. The lowest BCUT2D eigenvalue weighted by Crippen LogP contribution is -2.41. The minimum atomic E-state index is -3.91. The summed E-state index contributed by atoms with van der Waals surface area (Å²) in [6.45, 7) is 1.90. The normalized spacial score (nSPS) is 11.3. The number of likely N-dealkylation sites (N-methyl/N-ethyl adjacent to an activating group) is 1. The van der Waals surface area contributed by atoms with E-state index in [1.807, 2.05) is 19.1 Å².